The monoisotopic (exact) mass is 245 g/mol. The number of hydrogen-bond donors (Lipinski definition) is 1. The summed E-state index contributed by atoms with van der Waals surface area (Å²) in [5, 5.41) is 14.2. The molecule has 1 aromatic carbocycles. The Morgan fingerprint density at radius 1 is 1.12 bits per heavy atom. The molecule has 1 N–H and O–H groups in total. The summed E-state index contributed by atoms with van der Waals surface area (Å²) >= 11 is 6.08. The Kier molecular flexibility index (Phi) is 2.23. The first-order valence-corrected chi connectivity index (χ1v) is 5.42. The minimum Gasteiger partial charge on any atom is -0.506 e. The van der Waals surface area contributed by atoms with E-state index in [9.17, 15) is 5.11 Å². The number of fused-ring (bicyclic) bond motifs is 1. The van der Waals surface area contributed by atoms with Crippen LogP contribution in [0.15, 0.2) is 42.6 Å². The van der Waals surface area contributed by atoms with E-state index in [1.807, 2.05) is 18.2 Å². The van der Waals surface area contributed by atoms with E-state index in [4.69, 9.17) is 11.6 Å². The summed E-state index contributed by atoms with van der Waals surface area (Å²) in [6.07, 6.45) is 1.50. The standard InChI is InChI=1S/C12H8ClN3O/c13-10-4-2-1-3-9(10)12-14-11-6-5-8(17)7-16(11)15-12/h1-7,17H. The SMILES string of the molecule is Oc1ccc2nc(-c3ccccc3Cl)nn2c1. The highest BCUT2D eigenvalue weighted by atomic mass is 35.5. The van der Waals surface area contributed by atoms with Crippen molar-refractivity contribution in [3.63, 3.8) is 0 Å². The first-order valence-electron chi connectivity index (χ1n) is 5.04. The first kappa shape index (κ1) is 10.1. The molecule has 0 unspecified atom stereocenters. The Hall–Kier alpha value is -2.07. The van der Waals surface area contributed by atoms with Crippen LogP contribution in [0.3, 0.4) is 0 Å². The second kappa shape index (κ2) is 3.75. The van der Waals surface area contributed by atoms with E-state index in [1.54, 1.807) is 18.2 Å². The van der Waals surface area contributed by atoms with Gasteiger partial charge in [0.15, 0.2) is 11.5 Å². The molecule has 17 heavy (non-hydrogen) atoms. The van der Waals surface area contributed by atoms with Crippen LogP contribution in [-0.4, -0.2) is 19.7 Å². The van der Waals surface area contributed by atoms with Crippen LogP contribution < -0.4 is 0 Å². The highest BCUT2D eigenvalue weighted by Crippen LogP contribution is 2.25. The van der Waals surface area contributed by atoms with Gasteiger partial charge in [0.2, 0.25) is 0 Å². The smallest absolute Gasteiger partial charge is 0.183 e. The molecule has 5 heteroatoms. The molecule has 3 aromatic rings. The zero-order valence-corrected chi connectivity index (χ0v) is 9.46. The van der Waals surface area contributed by atoms with Crippen molar-refractivity contribution >= 4 is 17.2 Å². The second-order valence-electron chi connectivity index (χ2n) is 3.61. The first-order chi connectivity index (χ1) is 8.24. The van der Waals surface area contributed by atoms with Crippen LogP contribution in [0.25, 0.3) is 17.0 Å². The quantitative estimate of drug-likeness (QED) is 0.717. The second-order valence-corrected chi connectivity index (χ2v) is 4.01. The van der Waals surface area contributed by atoms with Crippen LogP contribution >= 0.6 is 11.6 Å². The normalized spacial score (nSPS) is 10.9. The Balaban J connectivity index is 2.22. The summed E-state index contributed by atoms with van der Waals surface area (Å²) in [4.78, 5) is 4.34. The molecule has 2 heterocycles. The molecule has 0 saturated carbocycles. The molecule has 0 bridgehead atoms. The van der Waals surface area contributed by atoms with Gasteiger partial charge in [-0.25, -0.2) is 9.50 Å². The predicted molar refractivity (Wildman–Crippen MR) is 65.1 cm³/mol. The number of aromatic nitrogens is 3. The number of hydrogen-bond acceptors (Lipinski definition) is 3. The van der Waals surface area contributed by atoms with Gasteiger partial charge in [0, 0.05) is 5.56 Å². The van der Waals surface area contributed by atoms with E-state index in [0.29, 0.717) is 16.5 Å². The molecule has 0 aliphatic carbocycles. The van der Waals surface area contributed by atoms with Gasteiger partial charge in [-0.1, -0.05) is 23.7 Å². The number of rotatable bonds is 1. The average Bonchev–Trinajstić information content (AvgIpc) is 2.72. The van der Waals surface area contributed by atoms with E-state index in [1.165, 1.54) is 10.7 Å². The molecule has 0 spiro atoms. The molecular weight excluding hydrogens is 238 g/mol. The Morgan fingerprint density at radius 3 is 2.76 bits per heavy atom. The van der Waals surface area contributed by atoms with Crippen LogP contribution in [0.2, 0.25) is 5.02 Å². The lowest BCUT2D eigenvalue weighted by Crippen LogP contribution is -1.86. The van der Waals surface area contributed by atoms with Crippen molar-refractivity contribution in [1.29, 1.82) is 0 Å². The van der Waals surface area contributed by atoms with E-state index < -0.39 is 0 Å². The fourth-order valence-corrected chi connectivity index (χ4v) is 1.85. The third kappa shape index (κ3) is 1.72. The lowest BCUT2D eigenvalue weighted by atomic mass is 10.2. The maximum Gasteiger partial charge on any atom is 0.183 e. The van der Waals surface area contributed by atoms with Gasteiger partial charge in [-0.05, 0) is 24.3 Å². The summed E-state index contributed by atoms with van der Waals surface area (Å²) in [5.74, 6) is 0.689. The zero-order valence-electron chi connectivity index (χ0n) is 8.71. The summed E-state index contributed by atoms with van der Waals surface area (Å²) in [5.41, 5.74) is 1.44. The van der Waals surface area contributed by atoms with Crippen molar-refractivity contribution in [2.24, 2.45) is 0 Å². The summed E-state index contributed by atoms with van der Waals surface area (Å²) in [6.45, 7) is 0. The number of aromatic hydroxyl groups is 1. The fourth-order valence-electron chi connectivity index (χ4n) is 1.63. The van der Waals surface area contributed by atoms with Gasteiger partial charge >= 0.3 is 0 Å². The molecule has 4 nitrogen and oxygen atoms in total. The molecule has 0 fully saturated rings. The van der Waals surface area contributed by atoms with Gasteiger partial charge in [0.25, 0.3) is 0 Å². The Bertz CT molecular complexity index is 693. The topological polar surface area (TPSA) is 50.4 Å². The van der Waals surface area contributed by atoms with Gasteiger partial charge < -0.3 is 5.11 Å². The highest BCUT2D eigenvalue weighted by Gasteiger charge is 2.09. The lowest BCUT2D eigenvalue weighted by Gasteiger charge is -1.96. The van der Waals surface area contributed by atoms with Crippen LogP contribution in [0, 0.1) is 0 Å². The van der Waals surface area contributed by atoms with Gasteiger partial charge in [-0.3, -0.25) is 0 Å². The Labute approximate surface area is 102 Å². The predicted octanol–water partition coefficient (Wildman–Crippen LogP) is 2.76. The summed E-state index contributed by atoms with van der Waals surface area (Å²) in [6, 6.07) is 10.7. The fraction of sp³-hybridized carbons (Fsp3) is 0. The minimum atomic E-state index is 0.146. The van der Waals surface area contributed by atoms with Crippen molar-refractivity contribution in [2.45, 2.75) is 0 Å². The molecule has 0 aliphatic heterocycles. The molecule has 0 amide bonds. The van der Waals surface area contributed by atoms with Crippen LogP contribution in [0.4, 0.5) is 0 Å². The number of pyridine rings is 1. The maximum atomic E-state index is 9.35. The van der Waals surface area contributed by atoms with E-state index in [-0.39, 0.29) is 5.75 Å². The van der Waals surface area contributed by atoms with Gasteiger partial charge in [0.05, 0.1) is 11.2 Å². The van der Waals surface area contributed by atoms with Crippen molar-refractivity contribution in [3.05, 3.63) is 47.6 Å². The van der Waals surface area contributed by atoms with Crippen LogP contribution in [-0.2, 0) is 0 Å². The third-order valence-electron chi connectivity index (χ3n) is 2.43. The minimum absolute atomic E-state index is 0.146. The molecule has 0 aliphatic rings. The summed E-state index contributed by atoms with van der Waals surface area (Å²) in [7, 11) is 0. The lowest BCUT2D eigenvalue weighted by molar-refractivity contribution is 0.470. The van der Waals surface area contributed by atoms with Crippen molar-refractivity contribution in [1.82, 2.24) is 14.6 Å². The number of halogens is 1. The van der Waals surface area contributed by atoms with Crippen molar-refractivity contribution < 1.29 is 5.11 Å². The average molecular weight is 246 g/mol. The van der Waals surface area contributed by atoms with Crippen LogP contribution in [0.5, 0.6) is 5.75 Å². The molecule has 3 rings (SSSR count). The number of nitrogens with zero attached hydrogens (tertiary/aromatic N) is 3. The maximum absolute atomic E-state index is 9.35. The highest BCUT2D eigenvalue weighted by molar-refractivity contribution is 6.33. The largest absolute Gasteiger partial charge is 0.506 e. The third-order valence-corrected chi connectivity index (χ3v) is 2.76. The molecule has 84 valence electrons. The molecule has 2 aromatic heterocycles. The van der Waals surface area contributed by atoms with Gasteiger partial charge in [-0.2, -0.15) is 0 Å². The molecule has 0 atom stereocenters. The van der Waals surface area contributed by atoms with E-state index in [2.05, 4.69) is 10.1 Å². The van der Waals surface area contributed by atoms with Crippen LogP contribution in [0.1, 0.15) is 0 Å². The van der Waals surface area contributed by atoms with Crippen molar-refractivity contribution in [3.8, 4) is 17.1 Å². The zero-order chi connectivity index (χ0) is 11.8. The Morgan fingerprint density at radius 2 is 1.94 bits per heavy atom. The van der Waals surface area contributed by atoms with Gasteiger partial charge in [-0.15, -0.1) is 5.10 Å². The summed E-state index contributed by atoms with van der Waals surface area (Å²) < 4.78 is 1.52. The van der Waals surface area contributed by atoms with Gasteiger partial charge in [0.1, 0.15) is 5.75 Å². The molecule has 0 radical (unpaired) electrons. The van der Waals surface area contributed by atoms with E-state index >= 15 is 0 Å². The van der Waals surface area contributed by atoms with E-state index in [0.717, 1.165) is 5.56 Å². The molecular formula is C12H8ClN3O. The van der Waals surface area contributed by atoms with Crippen molar-refractivity contribution in [2.75, 3.05) is 0 Å². The molecule has 0 saturated heterocycles. The number of benzene rings is 1.